The second-order valence-electron chi connectivity index (χ2n) is 10.4. The molecule has 2 aromatic rings. The van der Waals surface area contributed by atoms with Gasteiger partial charge in [-0.1, -0.05) is 11.6 Å². The quantitative estimate of drug-likeness (QED) is 0.313. The number of esters is 1. The molecule has 2 heterocycles. The number of ether oxygens (including phenoxy) is 3. The number of rotatable bonds is 8. The molecule has 0 unspecified atom stereocenters. The smallest absolute Gasteiger partial charge is 0.490 e. The number of halogens is 4. The first-order chi connectivity index (χ1) is 18.7. The summed E-state index contributed by atoms with van der Waals surface area (Å²) in [5, 5.41) is 23.8. The summed E-state index contributed by atoms with van der Waals surface area (Å²) in [4.78, 5) is 24.9. The summed E-state index contributed by atoms with van der Waals surface area (Å²) in [5.74, 6) is -2.90. The van der Waals surface area contributed by atoms with Gasteiger partial charge in [0, 0.05) is 30.7 Å². The van der Waals surface area contributed by atoms with Crippen molar-refractivity contribution >= 4 is 29.2 Å². The van der Waals surface area contributed by atoms with Crippen LogP contribution in [0.25, 0.3) is 0 Å². The molecule has 0 radical (unpaired) electrons. The highest BCUT2D eigenvalue weighted by Gasteiger charge is 2.42. The van der Waals surface area contributed by atoms with Crippen molar-refractivity contribution in [2.75, 3.05) is 38.2 Å². The lowest BCUT2D eigenvalue weighted by Crippen LogP contribution is -2.53. The molecule has 0 saturated carbocycles. The van der Waals surface area contributed by atoms with Crippen molar-refractivity contribution in [1.82, 2.24) is 4.90 Å². The number of benzene rings is 2. The van der Waals surface area contributed by atoms with Gasteiger partial charge in [-0.2, -0.15) is 13.2 Å². The number of alkyl halides is 3. The van der Waals surface area contributed by atoms with Gasteiger partial charge in [-0.25, -0.2) is 4.79 Å². The highest BCUT2D eigenvalue weighted by molar-refractivity contribution is 6.30. The third-order valence-corrected chi connectivity index (χ3v) is 7.11. The normalized spacial score (nSPS) is 18.2. The van der Waals surface area contributed by atoms with E-state index in [-0.39, 0.29) is 35.9 Å². The van der Waals surface area contributed by atoms with E-state index in [0.717, 1.165) is 37.0 Å². The topological polar surface area (TPSA) is 118 Å². The maximum atomic E-state index is 12.3. The van der Waals surface area contributed by atoms with Crippen molar-refractivity contribution in [3.8, 4) is 17.2 Å². The van der Waals surface area contributed by atoms with E-state index < -0.39 is 30.3 Å². The predicted molar refractivity (Wildman–Crippen MR) is 139 cm³/mol. The standard InChI is InChI=1S/C27H30ClF3N2O7/c1-25(37,15-33-10-8-26(9-11-33)7-6-17-12-18(28)2-5-21(17)40-26)16-39-22-13-19(34)3-4-20(22)32-23(35)14-38-24(36)27(29,30)31/h2-5,12-13,34,37H,6-11,14-16H2,1H3,(H,32,35)/t25-/m0/s1. The third kappa shape index (κ3) is 7.70. The average Bonchev–Trinajstić information content (AvgIpc) is 2.88. The number of amides is 1. The molecule has 0 aliphatic carbocycles. The predicted octanol–water partition coefficient (Wildman–Crippen LogP) is 4.08. The Morgan fingerprint density at radius 1 is 1.15 bits per heavy atom. The number of phenols is 1. The van der Waals surface area contributed by atoms with Gasteiger partial charge < -0.3 is 34.6 Å². The van der Waals surface area contributed by atoms with Gasteiger partial charge in [0.1, 0.15) is 35.1 Å². The zero-order valence-electron chi connectivity index (χ0n) is 21.7. The summed E-state index contributed by atoms with van der Waals surface area (Å²) in [6.45, 7) is 1.88. The molecule has 1 spiro atoms. The Balaban J connectivity index is 1.29. The molecule has 0 bridgehead atoms. The highest BCUT2D eigenvalue weighted by Crippen LogP contribution is 2.40. The van der Waals surface area contributed by atoms with Gasteiger partial charge in [0.2, 0.25) is 0 Å². The number of hydrogen-bond acceptors (Lipinski definition) is 8. The molecule has 3 N–H and O–H groups in total. The first-order valence-corrected chi connectivity index (χ1v) is 13.0. The fraction of sp³-hybridized carbons (Fsp3) is 0.481. The monoisotopic (exact) mass is 586 g/mol. The first-order valence-electron chi connectivity index (χ1n) is 12.7. The molecule has 1 fully saturated rings. The van der Waals surface area contributed by atoms with Gasteiger partial charge in [0.25, 0.3) is 5.91 Å². The molecule has 2 aromatic carbocycles. The van der Waals surface area contributed by atoms with Crippen LogP contribution in [-0.4, -0.2) is 77.2 Å². The summed E-state index contributed by atoms with van der Waals surface area (Å²) in [6.07, 6.45) is -1.89. The van der Waals surface area contributed by atoms with Gasteiger partial charge in [0.15, 0.2) is 6.61 Å². The zero-order chi connectivity index (χ0) is 29.1. The molecule has 1 atom stereocenters. The van der Waals surface area contributed by atoms with E-state index in [9.17, 15) is 33.0 Å². The zero-order valence-corrected chi connectivity index (χ0v) is 22.5. The van der Waals surface area contributed by atoms with Crippen molar-refractivity contribution in [3.05, 3.63) is 47.0 Å². The number of likely N-dealkylation sites (tertiary alicyclic amines) is 1. The van der Waals surface area contributed by atoms with E-state index in [2.05, 4.69) is 15.0 Å². The number of carbonyl (C=O) groups excluding carboxylic acids is 2. The van der Waals surface area contributed by atoms with Crippen LogP contribution >= 0.6 is 11.6 Å². The van der Waals surface area contributed by atoms with Crippen LogP contribution in [0.1, 0.15) is 31.7 Å². The number of piperidine rings is 1. The van der Waals surface area contributed by atoms with Gasteiger partial charge in [-0.15, -0.1) is 0 Å². The molecule has 1 saturated heterocycles. The molecule has 4 rings (SSSR count). The molecule has 40 heavy (non-hydrogen) atoms. The van der Waals surface area contributed by atoms with Crippen LogP contribution in [0.5, 0.6) is 17.2 Å². The molecule has 13 heteroatoms. The maximum absolute atomic E-state index is 12.3. The fourth-order valence-electron chi connectivity index (χ4n) is 4.85. The van der Waals surface area contributed by atoms with E-state index in [4.69, 9.17) is 21.1 Å². The number of nitrogens with zero attached hydrogens (tertiary/aromatic N) is 1. The Labute approximate surface area is 233 Å². The third-order valence-electron chi connectivity index (χ3n) is 6.87. The van der Waals surface area contributed by atoms with Crippen LogP contribution < -0.4 is 14.8 Å². The van der Waals surface area contributed by atoms with E-state index in [1.165, 1.54) is 18.2 Å². The van der Waals surface area contributed by atoms with Crippen molar-refractivity contribution in [2.45, 2.75) is 50.0 Å². The molecule has 9 nitrogen and oxygen atoms in total. The minimum atomic E-state index is -5.22. The lowest BCUT2D eigenvalue weighted by molar-refractivity contribution is -0.199. The minimum Gasteiger partial charge on any atom is -0.508 e. The molecular formula is C27H30ClF3N2O7. The Bertz CT molecular complexity index is 1250. The number of β-amino-alcohol motifs (C(OH)–C–C–N with tert-alkyl or cyclic N) is 1. The summed E-state index contributed by atoms with van der Waals surface area (Å²) >= 11 is 6.10. The number of aliphatic hydroxyl groups is 1. The summed E-state index contributed by atoms with van der Waals surface area (Å²) in [5.41, 5.74) is -0.470. The average molecular weight is 587 g/mol. The Morgan fingerprint density at radius 2 is 1.88 bits per heavy atom. The van der Waals surface area contributed by atoms with Crippen molar-refractivity contribution in [2.24, 2.45) is 0 Å². The van der Waals surface area contributed by atoms with E-state index in [0.29, 0.717) is 18.1 Å². The summed E-state index contributed by atoms with van der Waals surface area (Å²) in [6, 6.07) is 9.33. The van der Waals surface area contributed by atoms with Gasteiger partial charge in [-0.05, 0) is 68.5 Å². The second kappa shape index (κ2) is 11.7. The number of carbonyl (C=O) groups is 2. The Kier molecular flexibility index (Phi) is 8.72. The Morgan fingerprint density at radius 3 is 2.58 bits per heavy atom. The number of nitrogens with one attached hydrogen (secondary N) is 1. The number of phenolic OH excluding ortho intramolecular Hbond substituents is 1. The van der Waals surface area contributed by atoms with Crippen molar-refractivity contribution in [1.29, 1.82) is 0 Å². The van der Waals surface area contributed by atoms with Crippen LogP contribution in [-0.2, 0) is 20.7 Å². The molecule has 2 aliphatic heterocycles. The van der Waals surface area contributed by atoms with Gasteiger partial charge in [0.05, 0.1) is 5.69 Å². The lowest BCUT2D eigenvalue weighted by Gasteiger charge is -2.45. The van der Waals surface area contributed by atoms with Crippen LogP contribution in [0.15, 0.2) is 36.4 Å². The highest BCUT2D eigenvalue weighted by atomic mass is 35.5. The number of fused-ring (bicyclic) bond motifs is 1. The van der Waals surface area contributed by atoms with Crippen molar-refractivity contribution < 1.29 is 47.2 Å². The fourth-order valence-corrected chi connectivity index (χ4v) is 5.05. The van der Waals surface area contributed by atoms with Crippen LogP contribution in [0.3, 0.4) is 0 Å². The van der Waals surface area contributed by atoms with Crippen LogP contribution in [0.4, 0.5) is 18.9 Å². The Hall–Kier alpha value is -3.22. The number of aromatic hydroxyl groups is 1. The van der Waals surface area contributed by atoms with Crippen LogP contribution in [0.2, 0.25) is 5.02 Å². The molecule has 1 amide bonds. The molecule has 0 aromatic heterocycles. The number of aryl methyl sites for hydroxylation is 1. The van der Waals surface area contributed by atoms with E-state index in [1.807, 2.05) is 18.2 Å². The number of anilines is 1. The van der Waals surface area contributed by atoms with E-state index >= 15 is 0 Å². The first kappa shape index (κ1) is 29.8. The summed E-state index contributed by atoms with van der Waals surface area (Å²) in [7, 11) is 0. The van der Waals surface area contributed by atoms with Gasteiger partial charge >= 0.3 is 12.1 Å². The molecule has 2 aliphatic rings. The molecule has 218 valence electrons. The summed E-state index contributed by atoms with van der Waals surface area (Å²) < 4.78 is 52.9. The lowest BCUT2D eigenvalue weighted by atomic mass is 9.83. The maximum Gasteiger partial charge on any atom is 0.490 e. The second-order valence-corrected chi connectivity index (χ2v) is 10.8. The van der Waals surface area contributed by atoms with E-state index in [1.54, 1.807) is 6.92 Å². The SMILES string of the molecule is C[C@@](O)(COc1cc(O)ccc1NC(=O)COC(=O)C(F)(F)F)CN1CCC2(CCc3cc(Cl)ccc3O2)CC1. The van der Waals surface area contributed by atoms with Crippen molar-refractivity contribution in [3.63, 3.8) is 0 Å². The minimum absolute atomic E-state index is 0.0117. The number of hydrogen-bond donors (Lipinski definition) is 3. The van der Waals surface area contributed by atoms with Crippen LogP contribution in [0, 0.1) is 0 Å². The molecular weight excluding hydrogens is 557 g/mol. The van der Waals surface area contributed by atoms with Gasteiger partial charge in [-0.3, -0.25) is 4.79 Å². The largest absolute Gasteiger partial charge is 0.508 e.